The highest BCUT2D eigenvalue weighted by Crippen LogP contribution is 2.45. The number of nitrogens with zero attached hydrogens (tertiary/aromatic N) is 3. The summed E-state index contributed by atoms with van der Waals surface area (Å²) in [6, 6.07) is 7.69. The van der Waals surface area contributed by atoms with Crippen molar-refractivity contribution in [1.29, 1.82) is 5.26 Å². The van der Waals surface area contributed by atoms with Crippen molar-refractivity contribution >= 4 is 11.6 Å². The van der Waals surface area contributed by atoms with Crippen LogP contribution >= 0.6 is 11.6 Å². The average Bonchev–Trinajstić information content (AvgIpc) is 2.52. The molecule has 7 heteroatoms. The van der Waals surface area contributed by atoms with E-state index in [4.69, 9.17) is 11.6 Å². The third kappa shape index (κ3) is 3.62. The molecule has 1 aliphatic carbocycles. The van der Waals surface area contributed by atoms with E-state index in [-0.39, 0.29) is 5.28 Å². The number of aryl methyl sites for hydroxylation is 2. The summed E-state index contributed by atoms with van der Waals surface area (Å²) in [5.74, 6) is 0. The van der Waals surface area contributed by atoms with Crippen LogP contribution in [0.15, 0.2) is 30.5 Å². The molecular weight excluding hydrogens is 351 g/mol. The molecule has 130 valence electrons. The average molecular weight is 366 g/mol. The Labute approximate surface area is 148 Å². The molecule has 0 spiro atoms. The van der Waals surface area contributed by atoms with Crippen molar-refractivity contribution in [3.63, 3.8) is 0 Å². The fraction of sp³-hybridized carbons (Fsp3) is 0.389. The highest BCUT2D eigenvalue weighted by molar-refractivity contribution is 6.28. The first kappa shape index (κ1) is 17.7. The highest BCUT2D eigenvalue weighted by atomic mass is 35.5. The van der Waals surface area contributed by atoms with Gasteiger partial charge in [-0.3, -0.25) is 0 Å². The molecule has 0 amide bonds. The van der Waals surface area contributed by atoms with Crippen LogP contribution in [0.25, 0.3) is 0 Å². The first-order valence-corrected chi connectivity index (χ1v) is 8.31. The molecule has 1 aromatic carbocycles. The summed E-state index contributed by atoms with van der Waals surface area (Å²) in [6.07, 6.45) is 0.164. The Morgan fingerprint density at radius 3 is 2.52 bits per heavy atom. The summed E-state index contributed by atoms with van der Waals surface area (Å²) in [5.41, 5.74) is 0.547. The molecule has 0 unspecified atom stereocenters. The molecule has 0 bridgehead atoms. The van der Waals surface area contributed by atoms with Crippen molar-refractivity contribution in [2.75, 3.05) is 0 Å². The Morgan fingerprint density at radius 2 is 1.96 bits per heavy atom. The van der Waals surface area contributed by atoms with Gasteiger partial charge in [0.25, 0.3) is 0 Å². The first-order valence-electron chi connectivity index (χ1n) is 7.93. The molecule has 25 heavy (non-hydrogen) atoms. The molecule has 1 aromatic heterocycles. The van der Waals surface area contributed by atoms with E-state index in [1.54, 1.807) is 6.07 Å². The van der Waals surface area contributed by atoms with Gasteiger partial charge >= 0.3 is 6.18 Å². The van der Waals surface area contributed by atoms with Crippen LogP contribution in [0.2, 0.25) is 5.28 Å². The van der Waals surface area contributed by atoms with Crippen molar-refractivity contribution in [2.24, 2.45) is 0 Å². The second-order valence-corrected chi connectivity index (χ2v) is 6.57. The van der Waals surface area contributed by atoms with Crippen molar-refractivity contribution < 1.29 is 13.2 Å². The molecule has 1 saturated carbocycles. The predicted octanol–water partition coefficient (Wildman–Crippen LogP) is 4.88. The Morgan fingerprint density at radius 1 is 1.20 bits per heavy atom. The lowest BCUT2D eigenvalue weighted by Gasteiger charge is -2.37. The topological polar surface area (TPSA) is 49.6 Å². The molecule has 1 fully saturated rings. The number of hydrogen-bond acceptors (Lipinski definition) is 3. The number of halogens is 4. The minimum atomic E-state index is -4.41. The van der Waals surface area contributed by atoms with E-state index in [0.29, 0.717) is 42.5 Å². The second kappa shape index (κ2) is 6.64. The van der Waals surface area contributed by atoms with Crippen LogP contribution in [0, 0.1) is 11.3 Å². The van der Waals surface area contributed by atoms with Crippen LogP contribution < -0.4 is 0 Å². The summed E-state index contributed by atoms with van der Waals surface area (Å²) in [4.78, 5) is 7.87. The molecule has 3 rings (SSSR count). The van der Waals surface area contributed by atoms with Gasteiger partial charge in [0, 0.05) is 11.9 Å². The van der Waals surface area contributed by atoms with Gasteiger partial charge in [-0.25, -0.2) is 9.97 Å². The Balaban J connectivity index is 1.95. The van der Waals surface area contributed by atoms with E-state index < -0.39 is 17.2 Å². The Kier molecular flexibility index (Phi) is 4.70. The summed E-state index contributed by atoms with van der Waals surface area (Å²) < 4.78 is 39.3. The third-order valence-electron chi connectivity index (χ3n) is 4.70. The van der Waals surface area contributed by atoms with E-state index in [2.05, 4.69) is 16.0 Å². The van der Waals surface area contributed by atoms with Crippen molar-refractivity contribution in [3.05, 3.63) is 58.1 Å². The van der Waals surface area contributed by atoms with Gasteiger partial charge < -0.3 is 0 Å². The fourth-order valence-electron chi connectivity index (χ4n) is 3.19. The van der Waals surface area contributed by atoms with Crippen LogP contribution in [0.1, 0.15) is 41.6 Å². The molecule has 1 aliphatic rings. The SMILES string of the molecule is N#CC1(c2ccc(C(F)(F)F)cc2CCc2ccnc(Cl)n2)CCC1. The smallest absolute Gasteiger partial charge is 0.227 e. The lowest BCUT2D eigenvalue weighted by Crippen LogP contribution is -2.33. The molecule has 1 heterocycles. The van der Waals surface area contributed by atoms with Gasteiger partial charge in [0.15, 0.2) is 0 Å². The standard InChI is InChI=1S/C18H15ClF3N3/c19-16-24-9-6-14(25-16)4-2-12-10-13(18(20,21)22)3-5-15(12)17(11-23)7-1-8-17/h3,5-6,9-10H,1-2,4,7-8H2. The zero-order chi connectivity index (χ0) is 18.1. The minimum Gasteiger partial charge on any atom is -0.227 e. The first-order chi connectivity index (χ1) is 11.8. The molecule has 2 aromatic rings. The van der Waals surface area contributed by atoms with Crippen molar-refractivity contribution in [2.45, 2.75) is 43.7 Å². The van der Waals surface area contributed by atoms with Gasteiger partial charge in [0.1, 0.15) is 0 Å². The molecule has 0 N–H and O–H groups in total. The van der Waals surface area contributed by atoms with E-state index in [0.717, 1.165) is 18.6 Å². The van der Waals surface area contributed by atoms with Gasteiger partial charge in [-0.1, -0.05) is 6.07 Å². The molecule has 0 saturated heterocycles. The summed E-state index contributed by atoms with van der Waals surface area (Å²) in [5, 5.41) is 9.66. The van der Waals surface area contributed by atoms with Gasteiger partial charge in [-0.15, -0.1) is 0 Å². The van der Waals surface area contributed by atoms with E-state index in [1.807, 2.05) is 0 Å². The number of aromatic nitrogens is 2. The maximum atomic E-state index is 13.1. The maximum Gasteiger partial charge on any atom is 0.416 e. The maximum absolute atomic E-state index is 13.1. The van der Waals surface area contributed by atoms with Crippen LogP contribution in [-0.2, 0) is 24.4 Å². The number of benzene rings is 1. The quantitative estimate of drug-likeness (QED) is 0.725. The van der Waals surface area contributed by atoms with Crippen LogP contribution in [0.5, 0.6) is 0 Å². The third-order valence-corrected chi connectivity index (χ3v) is 4.89. The molecular formula is C18H15ClF3N3. The molecule has 0 aliphatic heterocycles. The zero-order valence-corrected chi connectivity index (χ0v) is 14.0. The normalized spacial score (nSPS) is 16.1. The van der Waals surface area contributed by atoms with Gasteiger partial charge in [0.2, 0.25) is 5.28 Å². The fourth-order valence-corrected chi connectivity index (χ4v) is 3.35. The molecule has 0 radical (unpaired) electrons. The van der Waals surface area contributed by atoms with Crippen LogP contribution in [0.3, 0.4) is 0 Å². The number of nitriles is 1. The van der Waals surface area contributed by atoms with E-state index in [9.17, 15) is 18.4 Å². The predicted molar refractivity (Wildman–Crippen MR) is 87.0 cm³/mol. The van der Waals surface area contributed by atoms with Crippen LogP contribution in [-0.4, -0.2) is 9.97 Å². The summed E-state index contributed by atoms with van der Waals surface area (Å²) in [6.45, 7) is 0. The highest BCUT2D eigenvalue weighted by Gasteiger charge is 2.41. The molecule has 3 nitrogen and oxygen atoms in total. The van der Waals surface area contributed by atoms with E-state index in [1.165, 1.54) is 12.3 Å². The summed E-state index contributed by atoms with van der Waals surface area (Å²) >= 11 is 5.76. The van der Waals surface area contributed by atoms with E-state index >= 15 is 0 Å². The van der Waals surface area contributed by atoms with Crippen LogP contribution in [0.4, 0.5) is 13.2 Å². The molecule has 0 atom stereocenters. The number of alkyl halides is 3. The van der Waals surface area contributed by atoms with Gasteiger partial charge in [-0.2, -0.15) is 18.4 Å². The van der Waals surface area contributed by atoms with Gasteiger partial charge in [-0.05, 0) is 73.0 Å². The lowest BCUT2D eigenvalue weighted by atomic mass is 9.64. The second-order valence-electron chi connectivity index (χ2n) is 6.23. The monoisotopic (exact) mass is 365 g/mol. The van der Waals surface area contributed by atoms with Crippen molar-refractivity contribution in [1.82, 2.24) is 9.97 Å². The number of hydrogen-bond donors (Lipinski definition) is 0. The zero-order valence-electron chi connectivity index (χ0n) is 13.3. The minimum absolute atomic E-state index is 0.106. The Hall–Kier alpha value is -2.13. The lowest BCUT2D eigenvalue weighted by molar-refractivity contribution is -0.137. The largest absolute Gasteiger partial charge is 0.416 e. The summed E-state index contributed by atoms with van der Waals surface area (Å²) in [7, 11) is 0. The van der Waals surface area contributed by atoms with Gasteiger partial charge in [0.05, 0.1) is 17.0 Å². The Bertz CT molecular complexity index is 823. The van der Waals surface area contributed by atoms with Crippen molar-refractivity contribution in [3.8, 4) is 6.07 Å². The number of rotatable bonds is 4.